The molecule has 0 bridgehead atoms. The third kappa shape index (κ3) is 3.56. The van der Waals surface area contributed by atoms with E-state index < -0.39 is 17.7 Å². The third-order valence-corrected chi connectivity index (χ3v) is 4.78. The standard InChI is InChI=1S/C20H15FN6O4/c21-12-7-5-11(6-8-12)9-16-23-17(25-24-16)19(28)22-13-10-30-15-4-2-1-3-14(15)27-18(13)26-31-20(27)29/h1-8,13H,9-10H2,(H,22,28)(H,23,24,25)/t13-/m0/s1. The first-order chi connectivity index (χ1) is 15.1. The number of benzene rings is 2. The molecule has 0 saturated heterocycles. The molecule has 1 amide bonds. The van der Waals surface area contributed by atoms with Crippen LogP contribution in [0.1, 0.15) is 33.9 Å². The lowest BCUT2D eigenvalue weighted by atomic mass is 10.1. The van der Waals surface area contributed by atoms with Crippen LogP contribution in [-0.2, 0) is 6.42 Å². The third-order valence-electron chi connectivity index (χ3n) is 4.78. The Balaban J connectivity index is 1.36. The number of hydrogen-bond donors (Lipinski definition) is 2. The van der Waals surface area contributed by atoms with Gasteiger partial charge in [-0.3, -0.25) is 14.4 Å². The van der Waals surface area contributed by atoms with E-state index in [9.17, 15) is 14.0 Å². The van der Waals surface area contributed by atoms with Gasteiger partial charge in [-0.1, -0.05) is 29.4 Å². The summed E-state index contributed by atoms with van der Waals surface area (Å²) in [6.07, 6.45) is 0.352. The van der Waals surface area contributed by atoms with E-state index in [-0.39, 0.29) is 24.1 Å². The van der Waals surface area contributed by atoms with Gasteiger partial charge in [0.2, 0.25) is 5.82 Å². The van der Waals surface area contributed by atoms with E-state index in [0.717, 1.165) is 5.56 Å². The predicted molar refractivity (Wildman–Crippen MR) is 103 cm³/mol. The van der Waals surface area contributed by atoms with E-state index in [2.05, 4.69) is 25.7 Å². The van der Waals surface area contributed by atoms with Crippen molar-refractivity contribution in [1.82, 2.24) is 30.2 Å². The molecule has 3 heterocycles. The minimum atomic E-state index is -0.773. The number of H-pyrrole nitrogens is 1. The number of carbonyl (C=O) groups is 1. The van der Waals surface area contributed by atoms with E-state index in [1.807, 2.05) is 0 Å². The first-order valence-corrected chi connectivity index (χ1v) is 9.36. The minimum Gasteiger partial charge on any atom is -0.489 e. The van der Waals surface area contributed by atoms with Crippen molar-refractivity contribution in [2.45, 2.75) is 12.5 Å². The Morgan fingerprint density at radius 2 is 2.03 bits per heavy atom. The Hall–Kier alpha value is -4.28. The topological polar surface area (TPSA) is 128 Å². The van der Waals surface area contributed by atoms with Gasteiger partial charge in [-0.15, -0.1) is 5.10 Å². The molecular formula is C20H15FN6O4. The van der Waals surface area contributed by atoms with Gasteiger partial charge >= 0.3 is 5.76 Å². The van der Waals surface area contributed by atoms with Crippen molar-refractivity contribution in [2.24, 2.45) is 0 Å². The zero-order valence-electron chi connectivity index (χ0n) is 15.9. The normalized spacial score (nSPS) is 14.8. The van der Waals surface area contributed by atoms with Crippen LogP contribution in [0.25, 0.3) is 5.69 Å². The smallest absolute Gasteiger partial charge is 0.446 e. The van der Waals surface area contributed by atoms with E-state index >= 15 is 0 Å². The summed E-state index contributed by atoms with van der Waals surface area (Å²) in [5.41, 5.74) is 1.28. The molecule has 10 nitrogen and oxygen atoms in total. The molecule has 4 aromatic rings. The summed E-state index contributed by atoms with van der Waals surface area (Å²) < 4.78 is 24.9. The molecule has 0 radical (unpaired) electrons. The summed E-state index contributed by atoms with van der Waals surface area (Å²) in [4.78, 5) is 29.1. The van der Waals surface area contributed by atoms with Gasteiger partial charge in [-0.05, 0) is 29.8 Å². The van der Waals surface area contributed by atoms with Gasteiger partial charge in [0.1, 0.15) is 30.0 Å². The van der Waals surface area contributed by atoms with Crippen LogP contribution in [0.3, 0.4) is 0 Å². The fourth-order valence-electron chi connectivity index (χ4n) is 3.31. The number of carbonyl (C=O) groups excluding carboxylic acids is 1. The lowest BCUT2D eigenvalue weighted by Crippen LogP contribution is -2.34. The fraction of sp³-hybridized carbons (Fsp3) is 0.150. The molecule has 1 atom stereocenters. The number of halogens is 1. The minimum absolute atomic E-state index is 0.0294. The second-order valence-corrected chi connectivity index (χ2v) is 6.86. The molecule has 2 aromatic heterocycles. The second kappa shape index (κ2) is 7.52. The van der Waals surface area contributed by atoms with E-state index in [1.54, 1.807) is 36.4 Å². The number of para-hydroxylation sites is 2. The Morgan fingerprint density at radius 1 is 1.23 bits per heavy atom. The van der Waals surface area contributed by atoms with Crippen molar-refractivity contribution in [3.05, 3.63) is 87.9 Å². The number of aromatic amines is 1. The van der Waals surface area contributed by atoms with Crippen LogP contribution in [-0.4, -0.2) is 37.4 Å². The number of fused-ring (bicyclic) bond motifs is 3. The van der Waals surface area contributed by atoms with E-state index in [1.165, 1.54) is 16.7 Å². The molecule has 2 aromatic carbocycles. The number of ether oxygens (including phenoxy) is 1. The quantitative estimate of drug-likeness (QED) is 0.510. The van der Waals surface area contributed by atoms with Crippen molar-refractivity contribution in [1.29, 1.82) is 0 Å². The molecule has 0 fully saturated rings. The molecule has 2 N–H and O–H groups in total. The second-order valence-electron chi connectivity index (χ2n) is 6.86. The zero-order chi connectivity index (χ0) is 21.4. The van der Waals surface area contributed by atoms with E-state index in [0.29, 0.717) is 23.7 Å². The van der Waals surface area contributed by atoms with Crippen LogP contribution >= 0.6 is 0 Å². The summed E-state index contributed by atoms with van der Waals surface area (Å²) in [5.74, 6) is -0.582. The molecule has 156 valence electrons. The maximum atomic E-state index is 13.0. The molecule has 0 aliphatic carbocycles. The zero-order valence-corrected chi connectivity index (χ0v) is 15.9. The van der Waals surface area contributed by atoms with Crippen LogP contribution in [0.4, 0.5) is 4.39 Å². The summed E-state index contributed by atoms with van der Waals surface area (Å²) in [6.45, 7) is 0.0294. The predicted octanol–water partition coefficient (Wildman–Crippen LogP) is 1.54. The van der Waals surface area contributed by atoms with Crippen LogP contribution < -0.4 is 15.8 Å². The average molecular weight is 422 g/mol. The van der Waals surface area contributed by atoms with E-state index in [4.69, 9.17) is 9.26 Å². The molecule has 1 aliphatic rings. The first kappa shape index (κ1) is 18.7. The number of nitrogens with one attached hydrogen (secondary N) is 2. The summed E-state index contributed by atoms with van der Waals surface area (Å²) >= 11 is 0. The van der Waals surface area contributed by atoms with Crippen molar-refractivity contribution >= 4 is 5.91 Å². The summed E-state index contributed by atoms with van der Waals surface area (Å²) in [7, 11) is 0. The number of amides is 1. The maximum absolute atomic E-state index is 13.0. The van der Waals surface area contributed by atoms with Gasteiger partial charge in [-0.25, -0.2) is 18.7 Å². The highest BCUT2D eigenvalue weighted by Crippen LogP contribution is 2.28. The van der Waals surface area contributed by atoms with Gasteiger partial charge in [0.15, 0.2) is 5.82 Å². The van der Waals surface area contributed by atoms with Crippen LogP contribution in [0, 0.1) is 5.82 Å². The number of nitrogens with zero attached hydrogens (tertiary/aromatic N) is 4. The molecule has 1 aliphatic heterocycles. The lowest BCUT2D eigenvalue weighted by molar-refractivity contribution is 0.0908. The number of rotatable bonds is 4. The van der Waals surface area contributed by atoms with Gasteiger partial charge in [-0.2, -0.15) is 0 Å². The van der Waals surface area contributed by atoms with Crippen LogP contribution in [0.15, 0.2) is 57.8 Å². The summed E-state index contributed by atoms with van der Waals surface area (Å²) in [5, 5.41) is 13.2. The number of hydrogen-bond acceptors (Lipinski definition) is 7. The van der Waals surface area contributed by atoms with Gasteiger partial charge in [0, 0.05) is 6.42 Å². The average Bonchev–Trinajstić information content (AvgIpc) is 3.36. The Labute approximate surface area is 173 Å². The van der Waals surface area contributed by atoms with Crippen LogP contribution in [0.2, 0.25) is 0 Å². The van der Waals surface area contributed by atoms with Crippen molar-refractivity contribution in [2.75, 3.05) is 6.61 Å². The monoisotopic (exact) mass is 422 g/mol. The number of aromatic nitrogens is 5. The molecule has 5 rings (SSSR count). The highest BCUT2D eigenvalue weighted by molar-refractivity contribution is 5.90. The molecule has 31 heavy (non-hydrogen) atoms. The fourth-order valence-corrected chi connectivity index (χ4v) is 3.31. The van der Waals surface area contributed by atoms with Gasteiger partial charge in [0.05, 0.1) is 5.69 Å². The SMILES string of the molecule is O=C(N[C@H]1COc2ccccc2-n2c1noc2=O)c1n[nH]c(Cc2ccc(F)cc2)n1. The molecular weight excluding hydrogens is 407 g/mol. The Morgan fingerprint density at radius 3 is 2.87 bits per heavy atom. The summed E-state index contributed by atoms with van der Waals surface area (Å²) in [6, 6.07) is 12.1. The van der Waals surface area contributed by atoms with Gasteiger partial charge in [0.25, 0.3) is 5.91 Å². The first-order valence-electron chi connectivity index (χ1n) is 9.36. The van der Waals surface area contributed by atoms with Crippen molar-refractivity contribution < 1.29 is 18.4 Å². The maximum Gasteiger partial charge on any atom is 0.446 e. The van der Waals surface area contributed by atoms with Gasteiger partial charge < -0.3 is 10.1 Å². The largest absolute Gasteiger partial charge is 0.489 e. The van der Waals surface area contributed by atoms with Crippen LogP contribution in [0.5, 0.6) is 5.75 Å². The molecule has 0 spiro atoms. The highest BCUT2D eigenvalue weighted by Gasteiger charge is 2.30. The van der Waals surface area contributed by atoms with Crippen molar-refractivity contribution in [3.8, 4) is 11.4 Å². The molecule has 0 saturated carbocycles. The Kier molecular flexibility index (Phi) is 4.54. The highest BCUT2D eigenvalue weighted by atomic mass is 19.1. The molecule has 11 heteroatoms. The van der Waals surface area contributed by atoms with Crippen molar-refractivity contribution in [3.63, 3.8) is 0 Å². The lowest BCUT2D eigenvalue weighted by Gasteiger charge is -2.13. The Bertz CT molecular complexity index is 1310. The molecule has 0 unspecified atom stereocenters.